The summed E-state index contributed by atoms with van der Waals surface area (Å²) in [7, 11) is 0. The molecular weight excluding hydrogens is 363 g/mol. The van der Waals surface area contributed by atoms with Crippen LogP contribution in [0.5, 0.6) is 0 Å². The van der Waals surface area contributed by atoms with Gasteiger partial charge in [0.2, 0.25) is 0 Å². The molecule has 1 fully saturated rings. The van der Waals surface area contributed by atoms with Gasteiger partial charge >= 0.3 is 0 Å². The van der Waals surface area contributed by atoms with Crippen molar-refractivity contribution >= 4 is 40.9 Å². The number of carbonyl (C=O) groups excluding carboxylic acids is 1. The number of aryl methyl sites for hydroxylation is 1. The molecule has 5 heteroatoms. The third-order valence-electron chi connectivity index (χ3n) is 3.04. The van der Waals surface area contributed by atoms with Gasteiger partial charge in [-0.15, -0.1) is 12.4 Å². The van der Waals surface area contributed by atoms with Crippen LogP contribution in [0.4, 0.5) is 0 Å². The molecule has 100 valence electrons. The van der Waals surface area contributed by atoms with Gasteiger partial charge in [-0.05, 0) is 61.0 Å². The van der Waals surface area contributed by atoms with E-state index in [9.17, 15) is 4.79 Å². The predicted molar refractivity (Wildman–Crippen MR) is 84.5 cm³/mol. The van der Waals surface area contributed by atoms with E-state index in [2.05, 4.69) is 33.2 Å². The second-order valence-electron chi connectivity index (χ2n) is 4.49. The zero-order valence-corrected chi connectivity index (χ0v) is 13.3. The van der Waals surface area contributed by atoms with Crippen LogP contribution in [0.25, 0.3) is 0 Å². The molecule has 1 aromatic carbocycles. The second-order valence-corrected chi connectivity index (χ2v) is 5.65. The highest BCUT2D eigenvalue weighted by molar-refractivity contribution is 14.1. The van der Waals surface area contributed by atoms with Crippen LogP contribution in [0.3, 0.4) is 0 Å². The van der Waals surface area contributed by atoms with Gasteiger partial charge in [0.15, 0.2) is 0 Å². The largest absolute Gasteiger partial charge is 0.350 e. The summed E-state index contributed by atoms with van der Waals surface area (Å²) in [4.78, 5) is 12.0. The fourth-order valence-electron chi connectivity index (χ4n) is 2.06. The lowest BCUT2D eigenvalue weighted by atomic mass is 10.1. The minimum Gasteiger partial charge on any atom is -0.350 e. The van der Waals surface area contributed by atoms with Crippen molar-refractivity contribution in [3.63, 3.8) is 0 Å². The number of halogens is 2. The number of amides is 1. The SMILES string of the molecule is Cc1ccc(I)c(C(=O)NCC2CCCN2)c1.Cl. The average molecular weight is 381 g/mol. The summed E-state index contributed by atoms with van der Waals surface area (Å²) in [5.41, 5.74) is 1.90. The third kappa shape index (κ3) is 4.10. The summed E-state index contributed by atoms with van der Waals surface area (Å²) in [5, 5.41) is 6.38. The maximum Gasteiger partial charge on any atom is 0.252 e. The summed E-state index contributed by atoms with van der Waals surface area (Å²) in [6.07, 6.45) is 2.37. The molecule has 0 radical (unpaired) electrons. The number of rotatable bonds is 3. The van der Waals surface area contributed by atoms with Crippen LogP contribution in [0.15, 0.2) is 18.2 Å². The molecular formula is C13H18ClIN2O. The van der Waals surface area contributed by atoms with Gasteiger partial charge in [0.05, 0.1) is 5.56 Å². The molecule has 2 rings (SSSR count). The summed E-state index contributed by atoms with van der Waals surface area (Å²) >= 11 is 2.20. The van der Waals surface area contributed by atoms with Crippen LogP contribution in [0, 0.1) is 10.5 Å². The first-order valence-corrected chi connectivity index (χ1v) is 7.02. The fraction of sp³-hybridized carbons (Fsp3) is 0.462. The highest BCUT2D eigenvalue weighted by Crippen LogP contribution is 2.14. The Morgan fingerprint density at radius 3 is 3.00 bits per heavy atom. The third-order valence-corrected chi connectivity index (χ3v) is 3.98. The molecule has 3 nitrogen and oxygen atoms in total. The van der Waals surface area contributed by atoms with Gasteiger partial charge in [-0.2, -0.15) is 0 Å². The minimum atomic E-state index is 0. The molecule has 18 heavy (non-hydrogen) atoms. The lowest BCUT2D eigenvalue weighted by Gasteiger charge is -2.12. The Kier molecular flexibility index (Phi) is 6.38. The molecule has 0 aliphatic carbocycles. The van der Waals surface area contributed by atoms with E-state index < -0.39 is 0 Å². The van der Waals surface area contributed by atoms with Gasteiger partial charge in [-0.3, -0.25) is 4.79 Å². The highest BCUT2D eigenvalue weighted by atomic mass is 127. The number of hydrogen-bond acceptors (Lipinski definition) is 2. The Morgan fingerprint density at radius 1 is 1.56 bits per heavy atom. The Bertz CT molecular complexity index is 419. The van der Waals surface area contributed by atoms with Crippen molar-refractivity contribution in [1.29, 1.82) is 0 Å². The molecule has 0 aromatic heterocycles. The first-order valence-electron chi connectivity index (χ1n) is 5.94. The molecule has 1 saturated heterocycles. The van der Waals surface area contributed by atoms with Crippen molar-refractivity contribution in [1.82, 2.24) is 10.6 Å². The number of nitrogens with one attached hydrogen (secondary N) is 2. The Balaban J connectivity index is 0.00000162. The van der Waals surface area contributed by atoms with Gasteiger partial charge < -0.3 is 10.6 Å². The van der Waals surface area contributed by atoms with Gasteiger partial charge in [0.1, 0.15) is 0 Å². The molecule has 1 atom stereocenters. The van der Waals surface area contributed by atoms with Crippen molar-refractivity contribution in [2.45, 2.75) is 25.8 Å². The maximum absolute atomic E-state index is 12.0. The zero-order chi connectivity index (χ0) is 12.3. The number of hydrogen-bond donors (Lipinski definition) is 2. The summed E-state index contributed by atoms with van der Waals surface area (Å²) < 4.78 is 1.00. The van der Waals surface area contributed by atoms with E-state index in [1.54, 1.807) is 0 Å². The van der Waals surface area contributed by atoms with Crippen molar-refractivity contribution in [2.75, 3.05) is 13.1 Å². The highest BCUT2D eigenvalue weighted by Gasteiger charge is 2.16. The summed E-state index contributed by atoms with van der Waals surface area (Å²) in [6.45, 7) is 3.80. The minimum absolute atomic E-state index is 0. The lowest BCUT2D eigenvalue weighted by molar-refractivity contribution is 0.0949. The van der Waals surface area contributed by atoms with E-state index in [-0.39, 0.29) is 18.3 Å². The fourth-order valence-corrected chi connectivity index (χ4v) is 2.64. The van der Waals surface area contributed by atoms with Crippen LogP contribution in [0.1, 0.15) is 28.8 Å². The van der Waals surface area contributed by atoms with E-state index in [1.165, 1.54) is 6.42 Å². The van der Waals surface area contributed by atoms with E-state index >= 15 is 0 Å². The first-order chi connectivity index (χ1) is 8.16. The van der Waals surface area contributed by atoms with Crippen molar-refractivity contribution in [3.05, 3.63) is 32.9 Å². The standard InChI is InChI=1S/C13H17IN2O.ClH/c1-9-4-5-12(14)11(7-9)13(17)16-8-10-3-2-6-15-10;/h4-5,7,10,15H,2-3,6,8H2,1H3,(H,16,17);1H. The summed E-state index contributed by atoms with van der Waals surface area (Å²) in [6, 6.07) is 6.40. The molecule has 1 aliphatic rings. The van der Waals surface area contributed by atoms with Crippen LogP contribution >= 0.6 is 35.0 Å². The van der Waals surface area contributed by atoms with Crippen LogP contribution in [0.2, 0.25) is 0 Å². The smallest absolute Gasteiger partial charge is 0.252 e. The maximum atomic E-state index is 12.0. The van der Waals surface area contributed by atoms with E-state index in [0.29, 0.717) is 6.04 Å². The van der Waals surface area contributed by atoms with E-state index in [0.717, 1.165) is 34.2 Å². The number of benzene rings is 1. The van der Waals surface area contributed by atoms with Crippen LogP contribution in [-0.2, 0) is 0 Å². The Hall–Kier alpha value is -0.330. The zero-order valence-electron chi connectivity index (χ0n) is 10.3. The van der Waals surface area contributed by atoms with Crippen molar-refractivity contribution < 1.29 is 4.79 Å². The van der Waals surface area contributed by atoms with E-state index in [4.69, 9.17) is 0 Å². The molecule has 2 N–H and O–H groups in total. The average Bonchev–Trinajstić information content (AvgIpc) is 2.82. The van der Waals surface area contributed by atoms with Crippen molar-refractivity contribution in [3.8, 4) is 0 Å². The molecule has 1 heterocycles. The van der Waals surface area contributed by atoms with Gasteiger partial charge in [0.25, 0.3) is 5.91 Å². The topological polar surface area (TPSA) is 41.1 Å². The van der Waals surface area contributed by atoms with Gasteiger partial charge in [0, 0.05) is 16.2 Å². The van der Waals surface area contributed by atoms with E-state index in [1.807, 2.05) is 25.1 Å². The molecule has 1 aromatic rings. The van der Waals surface area contributed by atoms with Gasteiger partial charge in [-0.25, -0.2) is 0 Å². The molecule has 0 saturated carbocycles. The lowest BCUT2D eigenvalue weighted by Crippen LogP contribution is -2.37. The van der Waals surface area contributed by atoms with Crippen LogP contribution < -0.4 is 10.6 Å². The van der Waals surface area contributed by atoms with Crippen LogP contribution in [-0.4, -0.2) is 25.0 Å². The molecule has 1 aliphatic heterocycles. The normalized spacial score (nSPS) is 18.2. The summed E-state index contributed by atoms with van der Waals surface area (Å²) in [5.74, 6) is 0.0341. The molecule has 1 unspecified atom stereocenters. The predicted octanol–water partition coefficient (Wildman–Crippen LogP) is 2.50. The van der Waals surface area contributed by atoms with Gasteiger partial charge in [-0.1, -0.05) is 11.6 Å². The van der Waals surface area contributed by atoms with Crippen molar-refractivity contribution in [2.24, 2.45) is 0 Å². The Labute approximate surface area is 128 Å². The molecule has 1 amide bonds. The molecule has 0 spiro atoms. The quantitative estimate of drug-likeness (QED) is 0.791. The Morgan fingerprint density at radius 2 is 2.33 bits per heavy atom. The first kappa shape index (κ1) is 15.7. The number of carbonyl (C=O) groups is 1. The second kappa shape index (κ2) is 7.31. The monoisotopic (exact) mass is 380 g/mol. The molecule has 0 bridgehead atoms.